The van der Waals surface area contributed by atoms with E-state index in [0.29, 0.717) is 5.22 Å². The average Bonchev–Trinajstić information content (AvgIpc) is 2.67. The van der Waals surface area contributed by atoms with Crippen LogP contribution in [0.2, 0.25) is 0 Å². The van der Waals surface area contributed by atoms with E-state index in [1.807, 2.05) is 25.1 Å². The lowest BCUT2D eigenvalue weighted by atomic mass is 10.1. The first-order valence-electron chi connectivity index (χ1n) is 5.14. The van der Waals surface area contributed by atoms with Gasteiger partial charge in [0.15, 0.2) is 0 Å². The molecule has 0 saturated carbocycles. The molecule has 0 bridgehead atoms. The molecular weight excluding hydrogens is 302 g/mol. The molecule has 0 fully saturated rings. The number of hydrogen-bond acceptors (Lipinski definition) is 4. The minimum Gasteiger partial charge on any atom is -0.439 e. The van der Waals surface area contributed by atoms with Crippen molar-refractivity contribution in [3.05, 3.63) is 40.2 Å². The number of nitrogens with zero attached hydrogens (tertiary/aromatic N) is 1. The molecule has 0 spiro atoms. The van der Waals surface area contributed by atoms with E-state index in [9.17, 15) is 5.11 Å². The van der Waals surface area contributed by atoms with Crippen LogP contribution >= 0.6 is 27.7 Å². The molecule has 0 aliphatic heterocycles. The molecule has 2 aromatic rings. The molecule has 1 aromatic heterocycles. The lowest BCUT2D eigenvalue weighted by Gasteiger charge is -2.07. The maximum atomic E-state index is 9.47. The second-order valence-corrected chi connectivity index (χ2v) is 5.57. The molecule has 3 nitrogen and oxygen atoms in total. The summed E-state index contributed by atoms with van der Waals surface area (Å²) in [4.78, 5) is 5.24. The summed E-state index contributed by atoms with van der Waals surface area (Å²) in [5.74, 6) is 0. The molecule has 0 aliphatic carbocycles. The van der Waals surface area contributed by atoms with Crippen molar-refractivity contribution >= 4 is 27.7 Å². The highest BCUT2D eigenvalue weighted by Gasteiger charge is 2.09. The number of halogens is 1. The zero-order chi connectivity index (χ0) is 12.4. The Hall–Kier alpha value is -0.780. The zero-order valence-electron chi connectivity index (χ0n) is 9.48. The lowest BCUT2D eigenvalue weighted by molar-refractivity contribution is 0.199. The third-order valence-corrected chi connectivity index (χ3v) is 4.09. The lowest BCUT2D eigenvalue weighted by Crippen LogP contribution is -1.90. The molecule has 0 radical (unpaired) electrons. The summed E-state index contributed by atoms with van der Waals surface area (Å²) in [5, 5.41) is 10.1. The number of rotatable bonds is 3. The summed E-state index contributed by atoms with van der Waals surface area (Å²) in [6.45, 7) is 3.63. The Bertz CT molecular complexity index is 525. The number of aromatic nitrogens is 1. The van der Waals surface area contributed by atoms with E-state index >= 15 is 0 Å². The number of aliphatic hydroxyl groups excluding tert-OH is 1. The Morgan fingerprint density at radius 2 is 2.24 bits per heavy atom. The first kappa shape index (κ1) is 12.7. The summed E-state index contributed by atoms with van der Waals surface area (Å²) in [6.07, 6.45) is 1.16. The second-order valence-electron chi connectivity index (χ2n) is 3.72. The number of aliphatic hydroxyl groups is 1. The van der Waals surface area contributed by atoms with Crippen molar-refractivity contribution in [3.63, 3.8) is 0 Å². The van der Waals surface area contributed by atoms with Crippen molar-refractivity contribution < 1.29 is 9.52 Å². The standard InChI is InChI=1S/C12H12BrNO2S/c1-7-6-16-12(14-7)17-11-4-3-9(8(2)15)5-10(11)13/h3-6,8,15H,1-2H3. The first-order chi connectivity index (χ1) is 8.06. The molecule has 0 saturated heterocycles. The summed E-state index contributed by atoms with van der Waals surface area (Å²) in [5.41, 5.74) is 1.74. The van der Waals surface area contributed by atoms with E-state index in [0.717, 1.165) is 20.6 Å². The molecule has 1 heterocycles. The van der Waals surface area contributed by atoms with Crippen LogP contribution in [0.1, 0.15) is 24.3 Å². The Kier molecular flexibility index (Phi) is 3.91. The summed E-state index contributed by atoms with van der Waals surface area (Å²) in [7, 11) is 0. The van der Waals surface area contributed by atoms with Crippen molar-refractivity contribution in [1.29, 1.82) is 0 Å². The predicted octanol–water partition coefficient (Wildman–Crippen LogP) is 3.95. The number of hydrogen-bond donors (Lipinski definition) is 1. The van der Waals surface area contributed by atoms with Gasteiger partial charge in [-0.05, 0) is 59.2 Å². The van der Waals surface area contributed by atoms with E-state index in [1.54, 1.807) is 13.2 Å². The van der Waals surface area contributed by atoms with E-state index in [-0.39, 0.29) is 0 Å². The number of oxazole rings is 1. The molecule has 5 heteroatoms. The van der Waals surface area contributed by atoms with Gasteiger partial charge in [0.25, 0.3) is 5.22 Å². The summed E-state index contributed by atoms with van der Waals surface area (Å²) >= 11 is 4.93. The number of benzene rings is 1. The van der Waals surface area contributed by atoms with Gasteiger partial charge in [0.2, 0.25) is 0 Å². The van der Waals surface area contributed by atoms with Gasteiger partial charge in [-0.1, -0.05) is 6.07 Å². The molecule has 17 heavy (non-hydrogen) atoms. The third-order valence-electron chi connectivity index (χ3n) is 2.23. The minimum atomic E-state index is -0.464. The van der Waals surface area contributed by atoms with Gasteiger partial charge < -0.3 is 9.52 Å². The molecule has 2 rings (SSSR count). The van der Waals surface area contributed by atoms with Gasteiger partial charge in [-0.2, -0.15) is 0 Å². The SMILES string of the molecule is Cc1coc(Sc2ccc(C(C)O)cc2Br)n1. The van der Waals surface area contributed by atoms with Crippen molar-refractivity contribution in [2.24, 2.45) is 0 Å². The predicted molar refractivity (Wildman–Crippen MR) is 70.1 cm³/mol. The highest BCUT2D eigenvalue weighted by molar-refractivity contribution is 9.10. The Balaban J connectivity index is 2.22. The molecule has 1 aromatic carbocycles. The third kappa shape index (κ3) is 3.12. The van der Waals surface area contributed by atoms with Gasteiger partial charge in [-0.25, -0.2) is 4.98 Å². The first-order valence-corrected chi connectivity index (χ1v) is 6.74. The smallest absolute Gasteiger partial charge is 0.260 e. The molecule has 1 N–H and O–H groups in total. The highest BCUT2D eigenvalue weighted by Crippen LogP contribution is 2.34. The average molecular weight is 314 g/mol. The van der Waals surface area contributed by atoms with Crippen LogP contribution < -0.4 is 0 Å². The largest absolute Gasteiger partial charge is 0.439 e. The topological polar surface area (TPSA) is 46.3 Å². The molecule has 0 amide bonds. The van der Waals surface area contributed by atoms with Gasteiger partial charge in [-0.3, -0.25) is 0 Å². The van der Waals surface area contributed by atoms with Crippen LogP contribution in [-0.4, -0.2) is 10.1 Å². The van der Waals surface area contributed by atoms with Crippen LogP contribution in [0.4, 0.5) is 0 Å². The second kappa shape index (κ2) is 5.25. The summed E-state index contributed by atoms with van der Waals surface area (Å²) in [6, 6.07) is 5.74. The van der Waals surface area contributed by atoms with Crippen LogP contribution in [0.15, 0.2) is 43.5 Å². The van der Waals surface area contributed by atoms with E-state index < -0.39 is 6.10 Å². The van der Waals surface area contributed by atoms with Crippen molar-refractivity contribution in [3.8, 4) is 0 Å². The van der Waals surface area contributed by atoms with Gasteiger partial charge in [0.05, 0.1) is 11.8 Å². The molecule has 1 unspecified atom stereocenters. The van der Waals surface area contributed by atoms with Gasteiger partial charge in [-0.15, -0.1) is 0 Å². The fourth-order valence-corrected chi connectivity index (χ4v) is 2.74. The zero-order valence-corrected chi connectivity index (χ0v) is 11.9. The normalized spacial score (nSPS) is 12.7. The fourth-order valence-electron chi connectivity index (χ4n) is 1.33. The van der Waals surface area contributed by atoms with Crippen LogP contribution in [0.3, 0.4) is 0 Å². The molecule has 90 valence electrons. The Morgan fingerprint density at radius 1 is 1.47 bits per heavy atom. The van der Waals surface area contributed by atoms with E-state index in [4.69, 9.17) is 4.42 Å². The van der Waals surface area contributed by atoms with Crippen LogP contribution in [0.5, 0.6) is 0 Å². The van der Waals surface area contributed by atoms with E-state index in [1.165, 1.54) is 11.8 Å². The van der Waals surface area contributed by atoms with Crippen molar-refractivity contribution in [1.82, 2.24) is 4.98 Å². The van der Waals surface area contributed by atoms with E-state index in [2.05, 4.69) is 20.9 Å². The maximum Gasteiger partial charge on any atom is 0.260 e. The van der Waals surface area contributed by atoms with Crippen LogP contribution in [0, 0.1) is 6.92 Å². The van der Waals surface area contributed by atoms with Crippen molar-refractivity contribution in [2.45, 2.75) is 30.1 Å². The van der Waals surface area contributed by atoms with Crippen LogP contribution in [-0.2, 0) is 0 Å². The van der Waals surface area contributed by atoms with Gasteiger partial charge in [0.1, 0.15) is 6.26 Å². The minimum absolute atomic E-state index is 0.464. The fraction of sp³-hybridized carbons (Fsp3) is 0.250. The monoisotopic (exact) mass is 313 g/mol. The Labute approximate surface area is 112 Å². The number of aryl methyl sites for hydroxylation is 1. The Morgan fingerprint density at radius 3 is 2.76 bits per heavy atom. The van der Waals surface area contributed by atoms with Crippen molar-refractivity contribution in [2.75, 3.05) is 0 Å². The van der Waals surface area contributed by atoms with Crippen LogP contribution in [0.25, 0.3) is 0 Å². The summed E-state index contributed by atoms with van der Waals surface area (Å²) < 4.78 is 6.21. The molecular formula is C12H12BrNO2S. The highest BCUT2D eigenvalue weighted by atomic mass is 79.9. The van der Waals surface area contributed by atoms with Gasteiger partial charge >= 0.3 is 0 Å². The quantitative estimate of drug-likeness (QED) is 0.932. The van der Waals surface area contributed by atoms with Gasteiger partial charge in [0, 0.05) is 9.37 Å². The molecule has 0 aliphatic rings. The molecule has 1 atom stereocenters. The maximum absolute atomic E-state index is 9.47.